The van der Waals surface area contributed by atoms with Gasteiger partial charge in [0.2, 0.25) is 0 Å². The molecule has 0 aromatic carbocycles. The highest BCUT2D eigenvalue weighted by molar-refractivity contribution is 5.66. The highest BCUT2D eigenvalue weighted by Gasteiger charge is 2.43. The standard InChI is InChI=1S/C8H12F3NO2/c9-8(10,11)6-3-1-5(12-6)2-4-7(13)14/h5-6,12H,1-4H2,(H,13,14)/t5-,6-/m0/s1. The number of carboxylic acids is 1. The second-order valence-electron chi connectivity index (χ2n) is 3.47. The van der Waals surface area contributed by atoms with Crippen molar-refractivity contribution in [3.8, 4) is 0 Å². The van der Waals surface area contributed by atoms with Gasteiger partial charge in [-0.25, -0.2) is 0 Å². The zero-order chi connectivity index (χ0) is 10.8. The molecule has 0 aromatic heterocycles. The van der Waals surface area contributed by atoms with E-state index in [1.807, 2.05) is 0 Å². The molecule has 0 unspecified atom stereocenters. The molecule has 0 saturated carbocycles. The summed E-state index contributed by atoms with van der Waals surface area (Å²) in [5.74, 6) is -0.970. The summed E-state index contributed by atoms with van der Waals surface area (Å²) >= 11 is 0. The van der Waals surface area contributed by atoms with Crippen LogP contribution in [0.1, 0.15) is 25.7 Å². The Morgan fingerprint density at radius 3 is 2.50 bits per heavy atom. The van der Waals surface area contributed by atoms with Crippen molar-refractivity contribution in [2.75, 3.05) is 0 Å². The molecule has 6 heteroatoms. The summed E-state index contributed by atoms with van der Waals surface area (Å²) in [6.45, 7) is 0. The van der Waals surface area contributed by atoms with Gasteiger partial charge in [-0.1, -0.05) is 0 Å². The predicted molar refractivity (Wildman–Crippen MR) is 42.9 cm³/mol. The van der Waals surface area contributed by atoms with Crippen LogP contribution in [0, 0.1) is 0 Å². The van der Waals surface area contributed by atoms with E-state index in [1.165, 1.54) is 0 Å². The molecule has 2 atom stereocenters. The minimum Gasteiger partial charge on any atom is -0.481 e. The van der Waals surface area contributed by atoms with Crippen molar-refractivity contribution < 1.29 is 23.1 Å². The van der Waals surface area contributed by atoms with Crippen LogP contribution in [0.5, 0.6) is 0 Å². The van der Waals surface area contributed by atoms with Crippen molar-refractivity contribution in [1.29, 1.82) is 0 Å². The third-order valence-corrected chi connectivity index (χ3v) is 2.34. The van der Waals surface area contributed by atoms with Gasteiger partial charge in [0.15, 0.2) is 0 Å². The summed E-state index contributed by atoms with van der Waals surface area (Å²) < 4.78 is 36.5. The first-order valence-corrected chi connectivity index (χ1v) is 4.44. The molecule has 0 aromatic rings. The molecule has 0 aliphatic carbocycles. The Kier molecular flexibility index (Phi) is 3.36. The Bertz CT molecular complexity index is 217. The van der Waals surface area contributed by atoms with Crippen LogP contribution in [0.4, 0.5) is 13.2 Å². The molecule has 14 heavy (non-hydrogen) atoms. The molecule has 0 spiro atoms. The van der Waals surface area contributed by atoms with Gasteiger partial charge in [0, 0.05) is 12.5 Å². The van der Waals surface area contributed by atoms with Gasteiger partial charge in [-0.05, 0) is 19.3 Å². The van der Waals surface area contributed by atoms with Crippen LogP contribution in [-0.2, 0) is 4.79 Å². The lowest BCUT2D eigenvalue weighted by molar-refractivity contribution is -0.152. The average molecular weight is 211 g/mol. The van der Waals surface area contributed by atoms with Crippen LogP contribution in [0.2, 0.25) is 0 Å². The Morgan fingerprint density at radius 1 is 1.43 bits per heavy atom. The third-order valence-electron chi connectivity index (χ3n) is 2.34. The fourth-order valence-corrected chi connectivity index (χ4v) is 1.60. The van der Waals surface area contributed by atoms with E-state index in [-0.39, 0.29) is 25.3 Å². The highest BCUT2D eigenvalue weighted by Crippen LogP contribution is 2.29. The Morgan fingerprint density at radius 2 is 2.07 bits per heavy atom. The molecule has 0 bridgehead atoms. The summed E-state index contributed by atoms with van der Waals surface area (Å²) in [5.41, 5.74) is 0. The summed E-state index contributed by atoms with van der Waals surface area (Å²) in [7, 11) is 0. The zero-order valence-corrected chi connectivity index (χ0v) is 7.47. The molecule has 1 heterocycles. The van der Waals surface area contributed by atoms with Gasteiger partial charge in [0.1, 0.15) is 6.04 Å². The average Bonchev–Trinajstić information content (AvgIpc) is 2.47. The maximum absolute atomic E-state index is 12.2. The van der Waals surface area contributed by atoms with Crippen LogP contribution in [0.15, 0.2) is 0 Å². The first-order chi connectivity index (χ1) is 6.39. The van der Waals surface area contributed by atoms with E-state index in [4.69, 9.17) is 5.11 Å². The number of hydrogen-bond acceptors (Lipinski definition) is 2. The minimum atomic E-state index is -4.21. The van der Waals surface area contributed by atoms with Crippen molar-refractivity contribution in [2.45, 2.75) is 43.9 Å². The number of carbonyl (C=O) groups is 1. The van der Waals surface area contributed by atoms with Crippen LogP contribution in [-0.4, -0.2) is 29.3 Å². The SMILES string of the molecule is O=C(O)CC[C@@H]1CC[C@@H](C(F)(F)F)N1. The smallest absolute Gasteiger partial charge is 0.403 e. The Balaban J connectivity index is 2.31. The first-order valence-electron chi connectivity index (χ1n) is 4.44. The van der Waals surface area contributed by atoms with Crippen molar-refractivity contribution in [3.63, 3.8) is 0 Å². The lowest BCUT2D eigenvalue weighted by atomic mass is 10.1. The van der Waals surface area contributed by atoms with Crippen LogP contribution < -0.4 is 5.32 Å². The molecule has 0 radical (unpaired) electrons. The summed E-state index contributed by atoms with van der Waals surface area (Å²) in [5, 5.41) is 10.7. The molecule has 0 amide bonds. The van der Waals surface area contributed by atoms with Gasteiger partial charge in [-0.3, -0.25) is 4.79 Å². The van der Waals surface area contributed by atoms with E-state index in [0.717, 1.165) is 0 Å². The Labute approximate surface area is 79.3 Å². The van der Waals surface area contributed by atoms with E-state index in [9.17, 15) is 18.0 Å². The molecule has 1 rings (SSSR count). The second kappa shape index (κ2) is 4.16. The molecule has 1 aliphatic heterocycles. The van der Waals surface area contributed by atoms with E-state index in [1.54, 1.807) is 0 Å². The van der Waals surface area contributed by atoms with E-state index >= 15 is 0 Å². The lowest BCUT2D eigenvalue weighted by Gasteiger charge is -2.16. The predicted octanol–water partition coefficient (Wildman–Crippen LogP) is 1.53. The Hall–Kier alpha value is -0.780. The van der Waals surface area contributed by atoms with Crippen molar-refractivity contribution in [1.82, 2.24) is 5.32 Å². The maximum Gasteiger partial charge on any atom is 0.403 e. The van der Waals surface area contributed by atoms with Crippen LogP contribution >= 0.6 is 0 Å². The zero-order valence-electron chi connectivity index (χ0n) is 7.47. The number of hydrogen-bond donors (Lipinski definition) is 2. The molecule has 1 fully saturated rings. The summed E-state index contributed by atoms with van der Waals surface area (Å²) in [6.07, 6.45) is -3.58. The molecular weight excluding hydrogens is 199 g/mol. The number of aliphatic carboxylic acids is 1. The molecule has 1 saturated heterocycles. The highest BCUT2D eigenvalue weighted by atomic mass is 19.4. The van der Waals surface area contributed by atoms with Crippen molar-refractivity contribution in [2.24, 2.45) is 0 Å². The molecule has 3 nitrogen and oxygen atoms in total. The van der Waals surface area contributed by atoms with Gasteiger partial charge in [0.05, 0.1) is 0 Å². The molecular formula is C8H12F3NO2. The number of carboxylic acid groups (broad SMARTS) is 1. The molecule has 82 valence electrons. The summed E-state index contributed by atoms with van der Waals surface area (Å²) in [4.78, 5) is 10.2. The van der Waals surface area contributed by atoms with Crippen molar-refractivity contribution in [3.05, 3.63) is 0 Å². The van der Waals surface area contributed by atoms with Gasteiger partial charge >= 0.3 is 12.1 Å². The van der Waals surface area contributed by atoms with E-state index in [0.29, 0.717) is 6.42 Å². The first kappa shape index (κ1) is 11.3. The quantitative estimate of drug-likeness (QED) is 0.744. The van der Waals surface area contributed by atoms with Crippen molar-refractivity contribution >= 4 is 5.97 Å². The largest absolute Gasteiger partial charge is 0.481 e. The number of rotatable bonds is 3. The van der Waals surface area contributed by atoms with Crippen LogP contribution in [0.3, 0.4) is 0 Å². The molecule has 1 aliphatic rings. The number of nitrogens with one attached hydrogen (secondary N) is 1. The van der Waals surface area contributed by atoms with Gasteiger partial charge in [0.25, 0.3) is 0 Å². The number of alkyl halides is 3. The van der Waals surface area contributed by atoms with E-state index < -0.39 is 18.2 Å². The second-order valence-corrected chi connectivity index (χ2v) is 3.47. The minimum absolute atomic E-state index is 0.0494. The summed E-state index contributed by atoms with van der Waals surface area (Å²) in [6, 6.07) is -1.76. The lowest BCUT2D eigenvalue weighted by Crippen LogP contribution is -2.40. The van der Waals surface area contributed by atoms with Gasteiger partial charge < -0.3 is 10.4 Å². The third kappa shape index (κ3) is 3.17. The maximum atomic E-state index is 12.2. The van der Waals surface area contributed by atoms with Gasteiger partial charge in [-0.2, -0.15) is 13.2 Å². The monoisotopic (exact) mass is 211 g/mol. The molecule has 2 N–H and O–H groups in total. The van der Waals surface area contributed by atoms with E-state index in [2.05, 4.69) is 5.32 Å². The number of halogens is 3. The van der Waals surface area contributed by atoms with Gasteiger partial charge in [-0.15, -0.1) is 0 Å². The fraction of sp³-hybridized carbons (Fsp3) is 0.875. The topological polar surface area (TPSA) is 49.3 Å². The fourth-order valence-electron chi connectivity index (χ4n) is 1.60. The van der Waals surface area contributed by atoms with Crippen LogP contribution in [0.25, 0.3) is 0 Å². The normalized spacial score (nSPS) is 27.9.